The zero-order valence-corrected chi connectivity index (χ0v) is 29.9. The lowest BCUT2D eigenvalue weighted by atomic mass is 10.0. The van der Waals surface area contributed by atoms with E-state index in [0.717, 1.165) is 31.4 Å². The van der Waals surface area contributed by atoms with E-state index >= 15 is 0 Å². The number of anilines is 1. The number of rotatable bonds is 11. The average molecular weight is 675 g/mol. The standard InChI is InChI=1S/C35H54N4O7S/c1-25-13-16-30(17-14-25)47(43,44)38(7)23-33-26(2)22-39(27(3)24-40)35(42)31-21-29(36-34(41)12-10-19-37(5)6)15-18-32(31)46-28(4)11-8-9-20-45-33/h13-18,21,26-28,33,40H,8-12,19-20,22-24H2,1-7H3,(H,36,41)/t26-,27+,28-,33-/m0/s1. The van der Waals surface area contributed by atoms with Gasteiger partial charge in [-0.05, 0) is 97.4 Å². The molecule has 2 aromatic rings. The smallest absolute Gasteiger partial charge is 0.258 e. The Kier molecular flexibility index (Phi) is 14.7. The number of hydrogen-bond acceptors (Lipinski definition) is 8. The van der Waals surface area contributed by atoms with Gasteiger partial charge >= 0.3 is 0 Å². The lowest BCUT2D eigenvalue weighted by molar-refractivity contribution is -0.116. The first-order chi connectivity index (χ1) is 22.2. The summed E-state index contributed by atoms with van der Waals surface area (Å²) in [7, 11) is 1.68. The van der Waals surface area contributed by atoms with Crippen LogP contribution in [0.1, 0.15) is 68.8 Å². The maximum Gasteiger partial charge on any atom is 0.258 e. The maximum atomic E-state index is 14.3. The van der Waals surface area contributed by atoms with Crippen molar-refractivity contribution in [3.05, 3.63) is 53.6 Å². The van der Waals surface area contributed by atoms with Gasteiger partial charge in [0.25, 0.3) is 5.91 Å². The summed E-state index contributed by atoms with van der Waals surface area (Å²) in [6, 6.07) is 11.3. The van der Waals surface area contributed by atoms with Crippen molar-refractivity contribution < 1.29 is 32.6 Å². The van der Waals surface area contributed by atoms with Gasteiger partial charge in [-0.3, -0.25) is 9.59 Å². The van der Waals surface area contributed by atoms with Gasteiger partial charge in [-0.2, -0.15) is 4.31 Å². The monoisotopic (exact) mass is 674 g/mol. The SMILES string of the molecule is Cc1ccc(S(=O)(=O)N(C)C[C@@H]2OCCCC[C@H](C)Oc3ccc(NC(=O)CCCN(C)C)cc3C(=O)N([C@H](C)CO)C[C@@H]2C)cc1. The minimum absolute atomic E-state index is 0.0903. The summed E-state index contributed by atoms with van der Waals surface area (Å²) in [5, 5.41) is 13.1. The quantitative estimate of drug-likeness (QED) is 0.359. The van der Waals surface area contributed by atoms with Gasteiger partial charge in [0.2, 0.25) is 15.9 Å². The molecule has 0 radical (unpaired) electrons. The third-order valence-electron chi connectivity index (χ3n) is 8.51. The molecule has 11 nitrogen and oxygen atoms in total. The predicted octanol–water partition coefficient (Wildman–Crippen LogP) is 4.39. The third kappa shape index (κ3) is 11.3. The number of aliphatic hydroxyl groups excluding tert-OH is 1. The predicted molar refractivity (Wildman–Crippen MR) is 184 cm³/mol. The molecule has 0 aliphatic carbocycles. The normalized spacial score (nSPS) is 20.8. The van der Waals surface area contributed by atoms with E-state index in [2.05, 4.69) is 5.32 Å². The van der Waals surface area contributed by atoms with Gasteiger partial charge in [-0.25, -0.2) is 8.42 Å². The molecule has 2 N–H and O–H groups in total. The molecular weight excluding hydrogens is 620 g/mol. The molecule has 0 aromatic heterocycles. The fraction of sp³-hybridized carbons (Fsp3) is 0.600. The zero-order valence-electron chi connectivity index (χ0n) is 29.1. The molecule has 0 unspecified atom stereocenters. The fourth-order valence-electron chi connectivity index (χ4n) is 5.48. The molecule has 4 atom stereocenters. The second-order valence-electron chi connectivity index (χ2n) is 13.1. The van der Waals surface area contributed by atoms with Crippen molar-refractivity contribution in [2.75, 3.05) is 59.3 Å². The second-order valence-corrected chi connectivity index (χ2v) is 15.1. The molecule has 2 amide bonds. The summed E-state index contributed by atoms with van der Waals surface area (Å²) in [6.45, 7) is 8.76. The van der Waals surface area contributed by atoms with Crippen LogP contribution in [-0.4, -0.2) is 112 Å². The molecule has 3 rings (SSSR count). The van der Waals surface area contributed by atoms with E-state index in [1.165, 1.54) is 4.31 Å². The third-order valence-corrected chi connectivity index (χ3v) is 10.3. The Labute approximate surface area is 281 Å². The highest BCUT2D eigenvalue weighted by Crippen LogP contribution is 2.29. The van der Waals surface area contributed by atoms with Crippen molar-refractivity contribution in [1.29, 1.82) is 0 Å². The number of amides is 2. The zero-order chi connectivity index (χ0) is 34.7. The van der Waals surface area contributed by atoms with E-state index in [9.17, 15) is 23.1 Å². The first-order valence-electron chi connectivity index (χ1n) is 16.5. The number of carbonyl (C=O) groups excluding carboxylic acids is 2. The molecule has 0 saturated carbocycles. The summed E-state index contributed by atoms with van der Waals surface area (Å²) in [5.41, 5.74) is 1.73. The number of benzene rings is 2. The molecule has 0 spiro atoms. The highest BCUT2D eigenvalue weighted by molar-refractivity contribution is 7.89. The van der Waals surface area contributed by atoms with Crippen LogP contribution in [0.5, 0.6) is 5.75 Å². The molecular formula is C35H54N4O7S. The van der Waals surface area contributed by atoms with E-state index in [0.29, 0.717) is 30.9 Å². The van der Waals surface area contributed by atoms with Crippen LogP contribution in [0, 0.1) is 12.8 Å². The van der Waals surface area contributed by atoms with Crippen LogP contribution in [0.3, 0.4) is 0 Å². The highest BCUT2D eigenvalue weighted by atomic mass is 32.2. The van der Waals surface area contributed by atoms with Gasteiger partial charge in [-0.1, -0.05) is 24.6 Å². The molecule has 1 heterocycles. The van der Waals surface area contributed by atoms with Crippen molar-refractivity contribution in [3.8, 4) is 5.75 Å². The van der Waals surface area contributed by atoms with Crippen molar-refractivity contribution in [3.63, 3.8) is 0 Å². The number of hydrogen-bond donors (Lipinski definition) is 2. The molecule has 1 aliphatic heterocycles. The summed E-state index contributed by atoms with van der Waals surface area (Å²) >= 11 is 0. The summed E-state index contributed by atoms with van der Waals surface area (Å²) in [6.07, 6.45) is 2.63. The van der Waals surface area contributed by atoms with E-state index < -0.39 is 22.2 Å². The van der Waals surface area contributed by atoms with E-state index in [4.69, 9.17) is 9.47 Å². The Hall–Kier alpha value is -3.03. The number of carbonyl (C=O) groups is 2. The van der Waals surface area contributed by atoms with Crippen LogP contribution in [0.4, 0.5) is 5.69 Å². The number of nitrogens with zero attached hydrogens (tertiary/aromatic N) is 3. The minimum atomic E-state index is -3.78. The van der Waals surface area contributed by atoms with Crippen LogP contribution in [0.2, 0.25) is 0 Å². The number of nitrogens with one attached hydrogen (secondary N) is 1. The Morgan fingerprint density at radius 1 is 1.11 bits per heavy atom. The molecule has 47 heavy (non-hydrogen) atoms. The van der Waals surface area contributed by atoms with Gasteiger partial charge < -0.3 is 29.7 Å². The van der Waals surface area contributed by atoms with Gasteiger partial charge in [0.05, 0.1) is 35.3 Å². The van der Waals surface area contributed by atoms with E-state index in [1.54, 1.807) is 61.3 Å². The van der Waals surface area contributed by atoms with E-state index in [-0.39, 0.29) is 54.0 Å². The van der Waals surface area contributed by atoms with Gasteiger partial charge in [0, 0.05) is 44.8 Å². The van der Waals surface area contributed by atoms with Crippen molar-refractivity contribution in [2.24, 2.45) is 5.92 Å². The first kappa shape index (κ1) is 38.4. The Morgan fingerprint density at radius 3 is 2.47 bits per heavy atom. The van der Waals surface area contributed by atoms with Crippen LogP contribution in [-0.2, 0) is 19.6 Å². The molecule has 12 heteroatoms. The number of aliphatic hydroxyl groups is 1. The van der Waals surface area contributed by atoms with E-state index in [1.807, 2.05) is 39.8 Å². The van der Waals surface area contributed by atoms with Crippen molar-refractivity contribution in [2.45, 2.75) is 82.9 Å². The summed E-state index contributed by atoms with van der Waals surface area (Å²) < 4.78 is 40.8. The molecule has 0 bridgehead atoms. The second kappa shape index (κ2) is 17.9. The minimum Gasteiger partial charge on any atom is -0.490 e. The summed E-state index contributed by atoms with van der Waals surface area (Å²) in [4.78, 5) is 30.8. The molecule has 262 valence electrons. The number of ether oxygens (including phenoxy) is 2. The van der Waals surface area contributed by atoms with Gasteiger partial charge in [-0.15, -0.1) is 0 Å². The highest BCUT2D eigenvalue weighted by Gasteiger charge is 2.32. The number of likely N-dealkylation sites (N-methyl/N-ethyl adjacent to an activating group) is 1. The van der Waals surface area contributed by atoms with Crippen molar-refractivity contribution in [1.82, 2.24) is 14.1 Å². The Balaban J connectivity index is 1.92. The largest absolute Gasteiger partial charge is 0.490 e. The number of aryl methyl sites for hydroxylation is 1. The fourth-order valence-corrected chi connectivity index (χ4v) is 6.67. The Bertz CT molecular complexity index is 1420. The van der Waals surface area contributed by atoms with Crippen LogP contribution in [0.15, 0.2) is 47.4 Å². The van der Waals surface area contributed by atoms with Crippen molar-refractivity contribution >= 4 is 27.5 Å². The van der Waals surface area contributed by atoms with Crippen LogP contribution >= 0.6 is 0 Å². The number of fused-ring (bicyclic) bond motifs is 1. The van der Waals surface area contributed by atoms with Crippen LogP contribution in [0.25, 0.3) is 0 Å². The number of sulfonamides is 1. The Morgan fingerprint density at radius 2 is 1.81 bits per heavy atom. The van der Waals surface area contributed by atoms with Gasteiger partial charge in [0.15, 0.2) is 0 Å². The maximum absolute atomic E-state index is 14.3. The first-order valence-corrected chi connectivity index (χ1v) is 18.0. The molecule has 0 fully saturated rings. The molecule has 2 aromatic carbocycles. The van der Waals surface area contributed by atoms with Crippen LogP contribution < -0.4 is 10.1 Å². The average Bonchev–Trinajstić information content (AvgIpc) is 3.02. The lowest BCUT2D eigenvalue weighted by Gasteiger charge is -2.35. The topological polar surface area (TPSA) is 129 Å². The van der Waals surface area contributed by atoms with Gasteiger partial charge in [0.1, 0.15) is 5.75 Å². The molecule has 1 aliphatic rings. The summed E-state index contributed by atoms with van der Waals surface area (Å²) in [5.74, 6) is -0.395. The lowest BCUT2D eigenvalue weighted by Crippen LogP contribution is -2.48. The molecule has 0 saturated heterocycles.